The summed E-state index contributed by atoms with van der Waals surface area (Å²) in [7, 11) is 1.97. The molecule has 0 radical (unpaired) electrons. The van der Waals surface area contributed by atoms with Crippen LogP contribution in [0.1, 0.15) is 18.7 Å². The fourth-order valence-electron chi connectivity index (χ4n) is 1.94. The van der Waals surface area contributed by atoms with Crippen molar-refractivity contribution in [1.29, 1.82) is 0 Å². The van der Waals surface area contributed by atoms with Crippen LogP contribution < -0.4 is 0 Å². The lowest BCUT2D eigenvalue weighted by atomic mass is 10.1. The lowest BCUT2D eigenvalue weighted by Gasteiger charge is -2.30. The third kappa shape index (κ3) is 2.21. The van der Waals surface area contributed by atoms with Crippen molar-refractivity contribution in [3.05, 3.63) is 24.3 Å². The average molecular weight is 223 g/mol. The number of aliphatic hydroxyl groups excluding tert-OH is 1. The number of hydrogen-bond donors (Lipinski definition) is 1. The maximum absolute atomic E-state index is 9.75. The van der Waals surface area contributed by atoms with Crippen molar-refractivity contribution < 1.29 is 9.84 Å². The van der Waals surface area contributed by atoms with Gasteiger partial charge in [-0.25, -0.2) is 0 Å². The molecule has 16 heavy (non-hydrogen) atoms. The summed E-state index contributed by atoms with van der Waals surface area (Å²) in [4.78, 5) is 10.4. The molecule has 1 unspecified atom stereocenters. The highest BCUT2D eigenvalue weighted by Crippen LogP contribution is 2.22. The Morgan fingerprint density at radius 2 is 2.31 bits per heavy atom. The molecule has 0 aliphatic carbocycles. The molecule has 5 nitrogen and oxygen atoms in total. The number of hydrogen-bond acceptors (Lipinski definition) is 5. The highest BCUT2D eigenvalue weighted by molar-refractivity contribution is 5.02. The van der Waals surface area contributed by atoms with E-state index in [2.05, 4.69) is 21.8 Å². The summed E-state index contributed by atoms with van der Waals surface area (Å²) in [6.45, 7) is 3.04. The van der Waals surface area contributed by atoms with Crippen LogP contribution in [0.5, 0.6) is 0 Å². The summed E-state index contributed by atoms with van der Waals surface area (Å²) in [6, 6.07) is 0.159. The van der Waals surface area contributed by atoms with Gasteiger partial charge in [0.15, 0.2) is 0 Å². The Balaban J connectivity index is 2.07. The average Bonchev–Trinajstić information content (AvgIpc) is 2.75. The molecule has 2 heterocycles. The zero-order valence-electron chi connectivity index (χ0n) is 9.58. The smallest absolute Gasteiger partial charge is 0.0950 e. The van der Waals surface area contributed by atoms with Gasteiger partial charge in [0.05, 0.1) is 37.1 Å². The molecular weight excluding hydrogens is 206 g/mol. The first-order valence-electron chi connectivity index (χ1n) is 5.44. The van der Waals surface area contributed by atoms with Crippen molar-refractivity contribution in [2.75, 3.05) is 20.3 Å². The third-order valence-electron chi connectivity index (χ3n) is 3.17. The first-order chi connectivity index (χ1) is 7.70. The molecule has 3 atom stereocenters. The lowest BCUT2D eigenvalue weighted by Crippen LogP contribution is -2.42. The van der Waals surface area contributed by atoms with Crippen LogP contribution >= 0.6 is 0 Å². The Hall–Kier alpha value is -1.04. The van der Waals surface area contributed by atoms with Gasteiger partial charge in [0.25, 0.3) is 0 Å². The van der Waals surface area contributed by atoms with E-state index in [-0.39, 0.29) is 12.1 Å². The van der Waals surface area contributed by atoms with Crippen molar-refractivity contribution >= 4 is 0 Å². The molecule has 1 aromatic heterocycles. The van der Waals surface area contributed by atoms with Gasteiger partial charge < -0.3 is 9.84 Å². The minimum atomic E-state index is -0.413. The summed E-state index contributed by atoms with van der Waals surface area (Å²) in [5.74, 6) is 0. The molecule has 1 saturated heterocycles. The van der Waals surface area contributed by atoms with E-state index in [0.29, 0.717) is 13.2 Å². The Morgan fingerprint density at radius 3 is 2.88 bits per heavy atom. The second-order valence-corrected chi connectivity index (χ2v) is 4.14. The highest BCUT2D eigenvalue weighted by atomic mass is 16.5. The highest BCUT2D eigenvalue weighted by Gasteiger charge is 2.32. The molecule has 5 heteroatoms. The number of nitrogens with zero attached hydrogens (tertiary/aromatic N) is 3. The maximum Gasteiger partial charge on any atom is 0.0950 e. The Labute approximate surface area is 95.1 Å². The minimum absolute atomic E-state index is 0.0389. The number of likely N-dealkylation sites (N-methyl/N-ethyl adjacent to an activating group) is 1. The molecule has 1 aliphatic rings. The quantitative estimate of drug-likeness (QED) is 0.795. The molecule has 88 valence electrons. The molecule has 1 N–H and O–H groups in total. The van der Waals surface area contributed by atoms with Crippen LogP contribution in [0.3, 0.4) is 0 Å². The summed E-state index contributed by atoms with van der Waals surface area (Å²) >= 11 is 0. The van der Waals surface area contributed by atoms with Crippen molar-refractivity contribution in [1.82, 2.24) is 14.9 Å². The van der Waals surface area contributed by atoms with Crippen LogP contribution in [-0.2, 0) is 4.74 Å². The van der Waals surface area contributed by atoms with Gasteiger partial charge in [0.2, 0.25) is 0 Å². The monoisotopic (exact) mass is 223 g/mol. The summed E-state index contributed by atoms with van der Waals surface area (Å²) in [6.07, 6.45) is 4.68. The molecule has 2 rings (SSSR count). The third-order valence-corrected chi connectivity index (χ3v) is 3.17. The standard InChI is InChI=1S/C11H17N3O2/c1-8(9-5-12-3-4-13-9)14(2)10-6-16-7-11(10)15/h3-5,8,10-11,15H,6-7H2,1-2H3/t8?,10-,11-/m1/s1. The molecule has 0 spiro atoms. The molecule has 1 aliphatic heterocycles. The zero-order chi connectivity index (χ0) is 11.5. The Morgan fingerprint density at radius 1 is 1.50 bits per heavy atom. The molecule has 0 saturated carbocycles. The zero-order valence-corrected chi connectivity index (χ0v) is 9.58. The van der Waals surface area contributed by atoms with Gasteiger partial charge in [-0.05, 0) is 14.0 Å². The molecule has 1 aromatic rings. The van der Waals surface area contributed by atoms with Gasteiger partial charge >= 0.3 is 0 Å². The van der Waals surface area contributed by atoms with Crippen molar-refractivity contribution in [2.24, 2.45) is 0 Å². The molecule has 0 aromatic carbocycles. The van der Waals surface area contributed by atoms with E-state index in [4.69, 9.17) is 4.74 Å². The number of rotatable bonds is 3. The Kier molecular flexibility index (Phi) is 3.48. The molecular formula is C11H17N3O2. The number of aromatic nitrogens is 2. The molecule has 0 amide bonds. The van der Waals surface area contributed by atoms with E-state index in [1.807, 2.05) is 7.05 Å². The predicted molar refractivity (Wildman–Crippen MR) is 58.8 cm³/mol. The first-order valence-corrected chi connectivity index (χ1v) is 5.44. The second kappa shape index (κ2) is 4.86. The van der Waals surface area contributed by atoms with E-state index < -0.39 is 6.10 Å². The van der Waals surface area contributed by atoms with Gasteiger partial charge in [0, 0.05) is 18.6 Å². The lowest BCUT2D eigenvalue weighted by molar-refractivity contribution is 0.0759. The van der Waals surface area contributed by atoms with Crippen LogP contribution in [0.25, 0.3) is 0 Å². The van der Waals surface area contributed by atoms with Gasteiger partial charge in [0.1, 0.15) is 0 Å². The number of ether oxygens (including phenoxy) is 1. The fraction of sp³-hybridized carbons (Fsp3) is 0.636. The SMILES string of the molecule is CC(c1cnccn1)N(C)[C@@H]1COC[C@H]1O. The second-order valence-electron chi connectivity index (χ2n) is 4.14. The van der Waals surface area contributed by atoms with Crippen molar-refractivity contribution in [3.8, 4) is 0 Å². The van der Waals surface area contributed by atoms with E-state index in [0.717, 1.165) is 5.69 Å². The van der Waals surface area contributed by atoms with Crippen LogP contribution in [0.4, 0.5) is 0 Å². The van der Waals surface area contributed by atoms with Gasteiger partial charge in [-0.1, -0.05) is 0 Å². The summed E-state index contributed by atoms with van der Waals surface area (Å²) in [5, 5.41) is 9.75. The van der Waals surface area contributed by atoms with E-state index in [1.165, 1.54) is 0 Å². The van der Waals surface area contributed by atoms with Crippen molar-refractivity contribution in [2.45, 2.75) is 25.1 Å². The fourth-order valence-corrected chi connectivity index (χ4v) is 1.94. The van der Waals surface area contributed by atoms with Gasteiger partial charge in [-0.3, -0.25) is 14.9 Å². The van der Waals surface area contributed by atoms with Crippen LogP contribution in [0.2, 0.25) is 0 Å². The Bertz CT molecular complexity index is 333. The van der Waals surface area contributed by atoms with Crippen LogP contribution in [0.15, 0.2) is 18.6 Å². The maximum atomic E-state index is 9.75. The van der Waals surface area contributed by atoms with Crippen LogP contribution in [0, 0.1) is 0 Å². The van der Waals surface area contributed by atoms with Gasteiger partial charge in [-0.15, -0.1) is 0 Å². The minimum Gasteiger partial charge on any atom is -0.389 e. The normalized spacial score (nSPS) is 27.2. The largest absolute Gasteiger partial charge is 0.389 e. The van der Waals surface area contributed by atoms with E-state index >= 15 is 0 Å². The van der Waals surface area contributed by atoms with Gasteiger partial charge in [-0.2, -0.15) is 0 Å². The predicted octanol–water partition coefficient (Wildman–Crippen LogP) is 0.229. The first kappa shape index (κ1) is 11.4. The van der Waals surface area contributed by atoms with E-state index in [9.17, 15) is 5.11 Å². The molecule has 1 fully saturated rings. The summed E-state index contributed by atoms with van der Waals surface area (Å²) in [5.41, 5.74) is 0.907. The summed E-state index contributed by atoms with van der Waals surface area (Å²) < 4.78 is 5.25. The number of aliphatic hydroxyl groups is 1. The van der Waals surface area contributed by atoms with Crippen LogP contribution in [-0.4, -0.2) is 52.4 Å². The topological polar surface area (TPSA) is 58.5 Å². The molecule has 0 bridgehead atoms. The van der Waals surface area contributed by atoms with Crippen molar-refractivity contribution in [3.63, 3.8) is 0 Å². The van der Waals surface area contributed by atoms with E-state index in [1.54, 1.807) is 18.6 Å².